The molecule has 1 unspecified atom stereocenters. The van der Waals surface area contributed by atoms with Gasteiger partial charge < -0.3 is 14.8 Å². The molecule has 0 saturated heterocycles. The fourth-order valence-corrected chi connectivity index (χ4v) is 1.77. The van der Waals surface area contributed by atoms with Crippen molar-refractivity contribution >= 4 is 17.0 Å². The number of benzene rings is 1. The van der Waals surface area contributed by atoms with Gasteiger partial charge >= 0.3 is 5.97 Å². The highest BCUT2D eigenvalue weighted by Crippen LogP contribution is 2.21. The molecular weight excluding hydrogens is 220 g/mol. The van der Waals surface area contributed by atoms with E-state index in [1.165, 1.54) is 0 Å². The van der Waals surface area contributed by atoms with Gasteiger partial charge in [-0.15, -0.1) is 0 Å². The fourth-order valence-electron chi connectivity index (χ4n) is 1.77. The van der Waals surface area contributed by atoms with Crippen LogP contribution >= 0.6 is 0 Å². The van der Waals surface area contributed by atoms with Gasteiger partial charge in [-0.25, -0.2) is 4.98 Å². The third-order valence-electron chi connectivity index (χ3n) is 2.87. The molecule has 90 valence electrons. The second-order valence-electron chi connectivity index (χ2n) is 4.20. The lowest BCUT2D eigenvalue weighted by Gasteiger charge is -2.05. The fraction of sp³-hybridized carbons (Fsp3) is 0.333. The Balaban J connectivity index is 2.42. The number of carboxylic acid groups (broad SMARTS) is 1. The van der Waals surface area contributed by atoms with E-state index in [0.29, 0.717) is 12.2 Å². The molecular formula is C12H14N2O3. The summed E-state index contributed by atoms with van der Waals surface area (Å²) >= 11 is 0. The van der Waals surface area contributed by atoms with E-state index < -0.39 is 11.9 Å². The van der Waals surface area contributed by atoms with E-state index in [0.717, 1.165) is 11.0 Å². The molecule has 0 saturated carbocycles. The van der Waals surface area contributed by atoms with Gasteiger partial charge in [-0.3, -0.25) is 4.79 Å². The van der Waals surface area contributed by atoms with Crippen molar-refractivity contribution in [3.8, 4) is 5.75 Å². The second-order valence-corrected chi connectivity index (χ2v) is 4.20. The summed E-state index contributed by atoms with van der Waals surface area (Å²) in [5.41, 5.74) is 1.57. The molecule has 0 fully saturated rings. The predicted molar refractivity (Wildman–Crippen MR) is 62.9 cm³/mol. The lowest BCUT2D eigenvalue weighted by molar-refractivity contribution is -0.141. The van der Waals surface area contributed by atoms with Gasteiger partial charge in [-0.05, 0) is 12.1 Å². The lowest BCUT2D eigenvalue weighted by Crippen LogP contribution is -2.14. The van der Waals surface area contributed by atoms with E-state index in [9.17, 15) is 9.90 Å². The Bertz CT molecular complexity index is 574. The first kappa shape index (κ1) is 11.4. The maximum atomic E-state index is 10.8. The van der Waals surface area contributed by atoms with Crippen molar-refractivity contribution in [1.82, 2.24) is 9.55 Å². The van der Waals surface area contributed by atoms with Gasteiger partial charge in [0, 0.05) is 19.5 Å². The average molecular weight is 234 g/mol. The summed E-state index contributed by atoms with van der Waals surface area (Å²) in [4.78, 5) is 15.2. The van der Waals surface area contributed by atoms with Gasteiger partial charge in [0.2, 0.25) is 0 Å². The van der Waals surface area contributed by atoms with Crippen LogP contribution in [0.4, 0.5) is 0 Å². The van der Waals surface area contributed by atoms with Crippen molar-refractivity contribution in [1.29, 1.82) is 0 Å². The van der Waals surface area contributed by atoms with Crippen LogP contribution in [0.5, 0.6) is 5.75 Å². The van der Waals surface area contributed by atoms with Crippen molar-refractivity contribution in [2.75, 3.05) is 0 Å². The third-order valence-corrected chi connectivity index (χ3v) is 2.87. The number of nitrogens with zero attached hydrogens (tertiary/aromatic N) is 2. The van der Waals surface area contributed by atoms with Crippen LogP contribution in [0.1, 0.15) is 12.7 Å². The molecule has 0 spiro atoms. The Hall–Kier alpha value is -2.04. The van der Waals surface area contributed by atoms with Crippen molar-refractivity contribution < 1.29 is 15.0 Å². The number of imidazole rings is 1. The van der Waals surface area contributed by atoms with Crippen molar-refractivity contribution in [3.63, 3.8) is 0 Å². The average Bonchev–Trinajstić information content (AvgIpc) is 2.56. The van der Waals surface area contributed by atoms with Crippen LogP contribution in [0.2, 0.25) is 0 Å². The highest BCUT2D eigenvalue weighted by atomic mass is 16.4. The normalized spacial score (nSPS) is 12.8. The number of aryl methyl sites for hydroxylation is 1. The zero-order valence-corrected chi connectivity index (χ0v) is 9.71. The molecule has 1 aromatic heterocycles. The Kier molecular flexibility index (Phi) is 2.75. The molecule has 0 bridgehead atoms. The van der Waals surface area contributed by atoms with Crippen LogP contribution in [0.3, 0.4) is 0 Å². The van der Waals surface area contributed by atoms with Crippen LogP contribution in [-0.4, -0.2) is 25.7 Å². The molecule has 2 rings (SSSR count). The number of carbonyl (C=O) groups is 1. The van der Waals surface area contributed by atoms with E-state index in [2.05, 4.69) is 4.98 Å². The van der Waals surface area contributed by atoms with Gasteiger partial charge in [-0.1, -0.05) is 6.92 Å². The number of hydrogen-bond donors (Lipinski definition) is 2. The molecule has 0 aliphatic rings. The summed E-state index contributed by atoms with van der Waals surface area (Å²) in [5.74, 6) is -0.419. The summed E-state index contributed by atoms with van der Waals surface area (Å²) in [7, 11) is 1.82. The third kappa shape index (κ3) is 2.08. The van der Waals surface area contributed by atoms with Gasteiger partial charge in [0.25, 0.3) is 0 Å². The zero-order chi connectivity index (χ0) is 12.6. The van der Waals surface area contributed by atoms with Crippen LogP contribution < -0.4 is 0 Å². The van der Waals surface area contributed by atoms with E-state index in [1.54, 1.807) is 25.1 Å². The molecule has 0 radical (unpaired) electrons. The predicted octanol–water partition coefficient (Wildman–Crippen LogP) is 1.54. The highest BCUT2D eigenvalue weighted by Gasteiger charge is 2.16. The Morgan fingerprint density at radius 1 is 1.53 bits per heavy atom. The maximum Gasteiger partial charge on any atom is 0.306 e. The number of hydrogen-bond acceptors (Lipinski definition) is 3. The first-order valence-corrected chi connectivity index (χ1v) is 5.36. The summed E-state index contributed by atoms with van der Waals surface area (Å²) < 4.78 is 1.81. The van der Waals surface area contributed by atoms with Gasteiger partial charge in [-0.2, -0.15) is 0 Å². The zero-order valence-electron chi connectivity index (χ0n) is 9.71. The molecule has 2 N–H and O–H groups in total. The largest absolute Gasteiger partial charge is 0.508 e. The lowest BCUT2D eigenvalue weighted by atomic mass is 10.1. The molecule has 0 aliphatic carbocycles. The van der Waals surface area contributed by atoms with Crippen LogP contribution in [0, 0.1) is 5.92 Å². The summed E-state index contributed by atoms with van der Waals surface area (Å²) in [6.45, 7) is 1.65. The van der Waals surface area contributed by atoms with E-state index >= 15 is 0 Å². The van der Waals surface area contributed by atoms with Crippen LogP contribution in [-0.2, 0) is 18.3 Å². The van der Waals surface area contributed by atoms with Crippen molar-refractivity contribution in [2.24, 2.45) is 13.0 Å². The Labute approximate surface area is 98.3 Å². The van der Waals surface area contributed by atoms with E-state index in [-0.39, 0.29) is 5.75 Å². The summed E-state index contributed by atoms with van der Waals surface area (Å²) in [6.07, 6.45) is 0.376. The quantitative estimate of drug-likeness (QED) is 0.844. The molecule has 5 nitrogen and oxygen atoms in total. The minimum absolute atomic E-state index is 0.179. The summed E-state index contributed by atoms with van der Waals surface area (Å²) in [5, 5.41) is 18.3. The van der Waals surface area contributed by atoms with E-state index in [1.807, 2.05) is 11.6 Å². The molecule has 2 aromatic rings. The standard InChI is InChI=1S/C12H14N2O3/c1-7(12(16)17)5-11-13-9-4-3-8(15)6-10(9)14(11)2/h3-4,6-7,15H,5H2,1-2H3,(H,16,17). The minimum Gasteiger partial charge on any atom is -0.508 e. The number of phenolic OH excluding ortho intramolecular Hbond substituents is 1. The number of aliphatic carboxylic acids is 1. The van der Waals surface area contributed by atoms with Crippen molar-refractivity contribution in [2.45, 2.75) is 13.3 Å². The number of phenols is 1. The number of rotatable bonds is 3. The molecule has 0 amide bonds. The SMILES string of the molecule is CC(Cc1nc2ccc(O)cc2n1C)C(=O)O. The Morgan fingerprint density at radius 2 is 2.24 bits per heavy atom. The topological polar surface area (TPSA) is 75.4 Å². The minimum atomic E-state index is -0.833. The number of aromatic nitrogens is 2. The summed E-state index contributed by atoms with van der Waals surface area (Å²) in [6, 6.07) is 4.91. The van der Waals surface area contributed by atoms with Gasteiger partial charge in [0.1, 0.15) is 11.6 Å². The first-order chi connectivity index (χ1) is 7.99. The molecule has 0 aliphatic heterocycles. The Morgan fingerprint density at radius 3 is 2.88 bits per heavy atom. The van der Waals surface area contributed by atoms with Crippen LogP contribution in [0.15, 0.2) is 18.2 Å². The monoisotopic (exact) mass is 234 g/mol. The maximum absolute atomic E-state index is 10.8. The molecule has 1 atom stereocenters. The number of carboxylic acids is 1. The van der Waals surface area contributed by atoms with Gasteiger partial charge in [0.05, 0.1) is 17.0 Å². The van der Waals surface area contributed by atoms with Gasteiger partial charge in [0.15, 0.2) is 0 Å². The highest BCUT2D eigenvalue weighted by molar-refractivity contribution is 5.78. The number of fused-ring (bicyclic) bond motifs is 1. The number of aromatic hydroxyl groups is 1. The molecule has 1 heterocycles. The second kappa shape index (κ2) is 4.08. The van der Waals surface area contributed by atoms with Crippen LogP contribution in [0.25, 0.3) is 11.0 Å². The van der Waals surface area contributed by atoms with E-state index in [4.69, 9.17) is 5.11 Å². The molecule has 17 heavy (non-hydrogen) atoms. The first-order valence-electron chi connectivity index (χ1n) is 5.36. The molecule has 1 aromatic carbocycles. The smallest absolute Gasteiger partial charge is 0.306 e. The van der Waals surface area contributed by atoms with Crippen molar-refractivity contribution in [3.05, 3.63) is 24.0 Å². The molecule has 5 heteroatoms.